The molecule has 4 aromatic rings. The van der Waals surface area contributed by atoms with Crippen LogP contribution in [0.15, 0.2) is 42.5 Å². The first-order chi connectivity index (χ1) is 20.5. The second-order valence-electron chi connectivity index (χ2n) is 8.99. The quantitative estimate of drug-likeness (QED) is 0.0752. The van der Waals surface area contributed by atoms with Crippen LogP contribution in [-0.4, -0.2) is 53.4 Å². The number of thiazole rings is 1. The molecule has 0 spiro atoms. The van der Waals surface area contributed by atoms with Crippen molar-refractivity contribution >= 4 is 90.5 Å². The number of benzene rings is 2. The number of hydrogen-bond donors (Lipinski definition) is 2. The molecule has 0 aliphatic heterocycles. The molecule has 0 aliphatic carbocycles. The molecule has 0 bridgehead atoms. The molecule has 0 radical (unpaired) electrons. The maximum Gasteiger partial charge on any atom is 0.357 e. The fourth-order valence-corrected chi connectivity index (χ4v) is 6.75. The number of rotatable bonds is 11. The molecule has 0 atom stereocenters. The number of aryl methyl sites for hydroxylation is 1. The van der Waals surface area contributed by atoms with E-state index in [4.69, 9.17) is 49.4 Å². The molecule has 10 nitrogen and oxygen atoms in total. The third-order valence-corrected chi connectivity index (χ3v) is 9.59. The molecule has 1 N–H and O–H groups in total. The van der Waals surface area contributed by atoms with Gasteiger partial charge in [-0.2, -0.15) is 14.1 Å². The van der Waals surface area contributed by atoms with E-state index in [-0.39, 0.29) is 12.1 Å². The number of thioether (sulfide) groups is 1. The van der Waals surface area contributed by atoms with Gasteiger partial charge in [-0.15, -0.1) is 0 Å². The summed E-state index contributed by atoms with van der Waals surface area (Å²) in [4.78, 5) is 18.1. The number of aromatic nitrogens is 3. The van der Waals surface area contributed by atoms with Gasteiger partial charge in [0.05, 0.1) is 28.5 Å². The smallest absolute Gasteiger partial charge is 0.357 e. The number of nitrogens with one attached hydrogen (secondary N) is 1. The van der Waals surface area contributed by atoms with Crippen molar-refractivity contribution in [2.45, 2.75) is 26.7 Å². The van der Waals surface area contributed by atoms with E-state index in [1.807, 2.05) is 12.1 Å². The van der Waals surface area contributed by atoms with Crippen molar-refractivity contribution in [3.63, 3.8) is 0 Å². The minimum Gasteiger partial charge on any atom is -0.464 e. The molecule has 0 aliphatic rings. The Labute approximate surface area is 274 Å². The molecule has 2 aromatic heterocycles. The summed E-state index contributed by atoms with van der Waals surface area (Å²) in [6.07, 6.45) is 1.18. The molecule has 0 saturated heterocycles. The van der Waals surface area contributed by atoms with Crippen LogP contribution in [-0.2, 0) is 26.4 Å². The van der Waals surface area contributed by atoms with Crippen LogP contribution in [0.2, 0.25) is 10.0 Å². The number of nitrogens with zero attached hydrogens (tertiary/aromatic N) is 4. The minimum absolute atomic E-state index is 0.178. The first-order valence-electron chi connectivity index (χ1n) is 12.7. The van der Waals surface area contributed by atoms with E-state index >= 15 is 0 Å². The van der Waals surface area contributed by atoms with Crippen LogP contribution in [0.25, 0.3) is 16.4 Å². The Bertz CT molecular complexity index is 1730. The van der Waals surface area contributed by atoms with Crippen molar-refractivity contribution in [3.05, 3.63) is 75.0 Å². The topological polar surface area (TPSA) is 116 Å². The van der Waals surface area contributed by atoms with Gasteiger partial charge in [-0.25, -0.2) is 23.3 Å². The number of hydroxylamine groups is 1. The van der Waals surface area contributed by atoms with Crippen LogP contribution in [0.1, 0.15) is 40.7 Å². The van der Waals surface area contributed by atoms with Crippen molar-refractivity contribution in [2.75, 3.05) is 30.3 Å². The Morgan fingerprint density at radius 2 is 1.95 bits per heavy atom. The maximum atomic E-state index is 13.2. The van der Waals surface area contributed by atoms with Gasteiger partial charge in [0.15, 0.2) is 5.69 Å². The molecule has 0 amide bonds. The van der Waals surface area contributed by atoms with Crippen molar-refractivity contribution in [3.8, 4) is 16.4 Å². The molecule has 0 unspecified atom stereocenters. The number of carbonyl (C=O) groups is 1. The van der Waals surface area contributed by atoms with Gasteiger partial charge in [0.1, 0.15) is 15.0 Å². The van der Waals surface area contributed by atoms with Gasteiger partial charge in [-0.05, 0) is 42.9 Å². The minimum atomic E-state index is -3.12. The van der Waals surface area contributed by atoms with Crippen LogP contribution < -0.4 is 10.4 Å². The molecule has 43 heavy (non-hydrogen) atoms. The lowest BCUT2D eigenvalue weighted by molar-refractivity contribution is 0.0589. The average molecular weight is 701 g/mol. The summed E-state index contributed by atoms with van der Waals surface area (Å²) in [5.74, 6) is 0.232. The first kappa shape index (κ1) is 33.2. The lowest BCUT2D eigenvalue weighted by Gasteiger charge is -2.18. The van der Waals surface area contributed by atoms with Crippen LogP contribution in [0.5, 0.6) is 0 Å². The highest BCUT2D eigenvalue weighted by Crippen LogP contribution is 2.39. The predicted molar refractivity (Wildman–Crippen MR) is 179 cm³/mol. The number of carbonyl (C=O) groups excluding carboxylic acids is 1. The largest absolute Gasteiger partial charge is 0.464 e. The molecular formula is C27H27Cl2N5O5S4. The second-order valence-corrected chi connectivity index (χ2v) is 13.2. The summed E-state index contributed by atoms with van der Waals surface area (Å²) < 4.78 is 34.5. The van der Waals surface area contributed by atoms with E-state index in [2.05, 4.69) is 17.3 Å². The standard InChI is InChI=1S/C27H27Cl2N5O5S4/c1-5-12-41-27(40)31-24-22(17-10-11-19(28)20(29)14-17)30-26(42-24)34-23(25(35)38-4)18(15(2)32-34)13-16-8-6-7-9-21(16)33(3)39-43(36)37/h6-11,14,43H,5,12-13H2,1-4H3,(H,31,40). The molecule has 2 heterocycles. The number of thiol groups is 1. The van der Waals surface area contributed by atoms with Gasteiger partial charge in [-0.3, -0.25) is 0 Å². The molecular weight excluding hydrogens is 674 g/mol. The Morgan fingerprint density at radius 3 is 2.63 bits per heavy atom. The second kappa shape index (κ2) is 14.8. The van der Waals surface area contributed by atoms with E-state index < -0.39 is 17.0 Å². The first-order valence-corrected chi connectivity index (χ1v) is 16.8. The number of halogens is 2. The fraction of sp³-hybridized carbons (Fsp3) is 0.259. The van der Waals surface area contributed by atoms with Gasteiger partial charge in [-0.1, -0.05) is 89.7 Å². The van der Waals surface area contributed by atoms with Gasteiger partial charge >= 0.3 is 5.97 Å². The summed E-state index contributed by atoms with van der Waals surface area (Å²) in [5, 5.41) is 10.9. The molecule has 2 aromatic carbocycles. The number of para-hydroxylation sites is 1. The highest BCUT2D eigenvalue weighted by atomic mass is 35.5. The number of anilines is 2. The normalized spacial score (nSPS) is 11.1. The summed E-state index contributed by atoms with van der Waals surface area (Å²) in [6, 6.07) is 12.3. The van der Waals surface area contributed by atoms with Crippen molar-refractivity contribution in [1.82, 2.24) is 14.8 Å². The van der Waals surface area contributed by atoms with Crippen molar-refractivity contribution in [1.29, 1.82) is 0 Å². The van der Waals surface area contributed by atoms with E-state index in [0.717, 1.165) is 17.2 Å². The van der Waals surface area contributed by atoms with Crippen molar-refractivity contribution in [2.24, 2.45) is 0 Å². The number of methoxy groups -OCH3 is 1. The monoisotopic (exact) mass is 699 g/mol. The third-order valence-electron chi connectivity index (χ3n) is 6.09. The molecule has 16 heteroatoms. The Morgan fingerprint density at radius 1 is 1.21 bits per heavy atom. The zero-order chi connectivity index (χ0) is 31.3. The summed E-state index contributed by atoms with van der Waals surface area (Å²) in [5.41, 5.74) is 3.77. The highest BCUT2D eigenvalue weighted by molar-refractivity contribution is 8.23. The Kier molecular flexibility index (Phi) is 11.5. The van der Waals surface area contributed by atoms with E-state index in [1.54, 1.807) is 37.3 Å². The molecule has 0 saturated carbocycles. The Hall–Kier alpha value is -2.72. The number of ether oxygens (including phenoxy) is 1. The van der Waals surface area contributed by atoms with Gasteiger partial charge in [0.25, 0.3) is 11.0 Å². The van der Waals surface area contributed by atoms with Crippen LogP contribution >= 0.6 is 58.5 Å². The van der Waals surface area contributed by atoms with Gasteiger partial charge < -0.3 is 10.1 Å². The van der Waals surface area contributed by atoms with E-state index in [0.29, 0.717) is 58.3 Å². The van der Waals surface area contributed by atoms with E-state index in [1.165, 1.54) is 41.9 Å². The number of hydrogen-bond acceptors (Lipinski definition) is 11. The van der Waals surface area contributed by atoms with Gasteiger partial charge in [0.2, 0.25) is 5.13 Å². The Balaban J connectivity index is 1.84. The van der Waals surface area contributed by atoms with Crippen LogP contribution in [0.3, 0.4) is 0 Å². The molecule has 4 rings (SSSR count). The summed E-state index contributed by atoms with van der Waals surface area (Å²) >= 11 is 20.8. The number of esters is 1. The SMILES string of the molecule is CCCSC(=S)Nc1sc(-n2nc(C)c(Cc3ccccc3N(C)O[SH](=O)=O)c2C(=O)OC)nc1-c1ccc(Cl)c(Cl)c1. The van der Waals surface area contributed by atoms with E-state index in [9.17, 15) is 13.2 Å². The lowest BCUT2D eigenvalue weighted by atomic mass is 10.0. The molecule has 228 valence electrons. The predicted octanol–water partition coefficient (Wildman–Crippen LogP) is 6.72. The molecule has 0 fully saturated rings. The van der Waals surface area contributed by atoms with Crippen LogP contribution in [0, 0.1) is 6.92 Å². The van der Waals surface area contributed by atoms with Gasteiger partial charge in [0, 0.05) is 24.6 Å². The summed E-state index contributed by atoms with van der Waals surface area (Å²) in [7, 11) is -0.349. The lowest BCUT2D eigenvalue weighted by Crippen LogP contribution is -2.18. The highest BCUT2D eigenvalue weighted by Gasteiger charge is 2.27. The zero-order valence-corrected chi connectivity index (χ0v) is 28.3. The fourth-order valence-electron chi connectivity index (χ4n) is 4.16. The summed E-state index contributed by atoms with van der Waals surface area (Å²) in [6.45, 7) is 3.85. The van der Waals surface area contributed by atoms with Crippen molar-refractivity contribution < 1.29 is 22.2 Å². The number of thiocarbonyl (C=S) groups is 1. The average Bonchev–Trinajstić information content (AvgIpc) is 3.53. The van der Waals surface area contributed by atoms with Crippen LogP contribution in [0.4, 0.5) is 10.7 Å². The maximum absolute atomic E-state index is 13.2. The zero-order valence-electron chi connectivity index (χ0n) is 23.4. The third kappa shape index (κ3) is 7.87.